The number of nitrogens with zero attached hydrogens (tertiary/aromatic N) is 1. The fraction of sp³-hybridized carbons (Fsp3) is 0.357. The summed E-state index contributed by atoms with van der Waals surface area (Å²) in [5.41, 5.74) is 7.87. The first kappa shape index (κ1) is 14.8. The molecule has 0 saturated heterocycles. The van der Waals surface area contributed by atoms with Gasteiger partial charge in [-0.3, -0.25) is 0 Å². The van der Waals surface area contributed by atoms with Gasteiger partial charge in [-0.1, -0.05) is 56.1 Å². The Bertz CT molecular complexity index is 587. The normalized spacial score (nSPS) is 13.6. The summed E-state index contributed by atoms with van der Waals surface area (Å²) >= 11 is 13.8. The Morgan fingerprint density at radius 2 is 1.95 bits per heavy atom. The van der Waals surface area contributed by atoms with Crippen LogP contribution in [0.15, 0.2) is 23.6 Å². The molecule has 0 aliphatic heterocycles. The van der Waals surface area contributed by atoms with E-state index in [2.05, 4.69) is 25.8 Å². The van der Waals surface area contributed by atoms with Crippen molar-refractivity contribution in [3.8, 4) is 11.3 Å². The summed E-state index contributed by atoms with van der Waals surface area (Å²) in [5.74, 6) is 0. The third-order valence-electron chi connectivity index (χ3n) is 2.95. The van der Waals surface area contributed by atoms with Crippen LogP contribution >= 0.6 is 34.5 Å². The zero-order valence-electron chi connectivity index (χ0n) is 11.1. The molecule has 2 nitrogen and oxygen atoms in total. The molecule has 0 amide bonds. The molecule has 1 atom stereocenters. The van der Waals surface area contributed by atoms with Gasteiger partial charge in [-0.05, 0) is 11.5 Å². The number of halogens is 2. The predicted molar refractivity (Wildman–Crippen MR) is 84.0 cm³/mol. The number of benzene rings is 1. The third kappa shape index (κ3) is 3.11. The Hall–Kier alpha value is -0.610. The van der Waals surface area contributed by atoms with Crippen LogP contribution in [0.3, 0.4) is 0 Å². The fourth-order valence-electron chi connectivity index (χ4n) is 1.63. The number of nitrogens with two attached hydrogens (primary N) is 1. The Morgan fingerprint density at radius 1 is 1.26 bits per heavy atom. The number of aromatic nitrogens is 1. The van der Waals surface area contributed by atoms with E-state index in [0.717, 1.165) is 16.3 Å². The smallest absolute Gasteiger partial charge is 0.111 e. The zero-order valence-corrected chi connectivity index (χ0v) is 13.4. The molecular formula is C14H16Cl2N2S. The van der Waals surface area contributed by atoms with E-state index in [1.54, 1.807) is 17.4 Å². The van der Waals surface area contributed by atoms with Crippen molar-refractivity contribution in [3.05, 3.63) is 38.6 Å². The topological polar surface area (TPSA) is 38.9 Å². The standard InChI is InChI=1S/C14H16Cl2N2S/c1-14(2,3)12(17)13-18-10(7-19-13)8-5-4-6-9(15)11(8)16/h4-7,12H,17H2,1-3H3. The van der Waals surface area contributed by atoms with E-state index in [1.807, 2.05) is 17.5 Å². The summed E-state index contributed by atoms with van der Waals surface area (Å²) < 4.78 is 0. The molecule has 1 aromatic heterocycles. The molecule has 0 radical (unpaired) electrons. The Balaban J connectivity index is 2.39. The van der Waals surface area contributed by atoms with Crippen LogP contribution in [0.5, 0.6) is 0 Å². The molecule has 0 saturated carbocycles. The maximum atomic E-state index is 6.22. The van der Waals surface area contributed by atoms with Gasteiger partial charge in [-0.15, -0.1) is 11.3 Å². The Morgan fingerprint density at radius 3 is 2.58 bits per heavy atom. The highest BCUT2D eigenvalue weighted by Gasteiger charge is 2.25. The van der Waals surface area contributed by atoms with Crippen LogP contribution in [0.25, 0.3) is 11.3 Å². The third-order valence-corrected chi connectivity index (χ3v) is 4.70. The summed E-state index contributed by atoms with van der Waals surface area (Å²) in [7, 11) is 0. The van der Waals surface area contributed by atoms with E-state index in [0.29, 0.717) is 10.0 Å². The maximum Gasteiger partial charge on any atom is 0.111 e. The summed E-state index contributed by atoms with van der Waals surface area (Å²) in [6.45, 7) is 6.31. The van der Waals surface area contributed by atoms with Crippen molar-refractivity contribution in [2.45, 2.75) is 26.8 Å². The van der Waals surface area contributed by atoms with E-state index < -0.39 is 0 Å². The average molecular weight is 315 g/mol. The number of thiazole rings is 1. The second kappa shape index (κ2) is 5.41. The van der Waals surface area contributed by atoms with E-state index >= 15 is 0 Å². The van der Waals surface area contributed by atoms with Crippen molar-refractivity contribution in [1.82, 2.24) is 4.98 Å². The van der Waals surface area contributed by atoms with Crippen LogP contribution in [-0.2, 0) is 0 Å². The minimum Gasteiger partial charge on any atom is -0.322 e. The lowest BCUT2D eigenvalue weighted by Gasteiger charge is -2.24. The van der Waals surface area contributed by atoms with Crippen LogP contribution in [0, 0.1) is 5.41 Å². The molecule has 102 valence electrons. The Kier molecular flexibility index (Phi) is 4.21. The molecule has 0 aliphatic rings. The van der Waals surface area contributed by atoms with Crippen molar-refractivity contribution < 1.29 is 0 Å². The number of hydrogen-bond donors (Lipinski definition) is 1. The minimum absolute atomic E-state index is 0.0206. The highest BCUT2D eigenvalue weighted by atomic mass is 35.5. The number of hydrogen-bond acceptors (Lipinski definition) is 3. The van der Waals surface area contributed by atoms with Crippen LogP contribution in [0.4, 0.5) is 0 Å². The molecule has 2 rings (SSSR count). The molecular weight excluding hydrogens is 299 g/mol. The predicted octanol–water partition coefficient (Wildman–Crippen LogP) is 5.16. The van der Waals surface area contributed by atoms with E-state index in [9.17, 15) is 0 Å². The monoisotopic (exact) mass is 314 g/mol. The first-order valence-corrected chi connectivity index (χ1v) is 7.59. The van der Waals surface area contributed by atoms with Gasteiger partial charge in [-0.25, -0.2) is 4.98 Å². The lowest BCUT2D eigenvalue weighted by Crippen LogP contribution is -2.26. The van der Waals surface area contributed by atoms with Crippen molar-refractivity contribution in [2.75, 3.05) is 0 Å². The van der Waals surface area contributed by atoms with Crippen LogP contribution < -0.4 is 5.73 Å². The summed E-state index contributed by atoms with van der Waals surface area (Å²) in [6.07, 6.45) is 0. The van der Waals surface area contributed by atoms with Gasteiger partial charge in [0.05, 0.1) is 21.8 Å². The second-order valence-electron chi connectivity index (χ2n) is 5.52. The lowest BCUT2D eigenvalue weighted by atomic mass is 9.88. The van der Waals surface area contributed by atoms with Crippen molar-refractivity contribution in [3.63, 3.8) is 0 Å². The van der Waals surface area contributed by atoms with Crippen LogP contribution in [0.2, 0.25) is 10.0 Å². The van der Waals surface area contributed by atoms with E-state index in [-0.39, 0.29) is 11.5 Å². The molecule has 0 aliphatic carbocycles. The molecule has 2 aromatic rings. The van der Waals surface area contributed by atoms with Gasteiger partial charge in [-0.2, -0.15) is 0 Å². The molecule has 0 fully saturated rings. The second-order valence-corrected chi connectivity index (χ2v) is 7.19. The molecule has 0 bridgehead atoms. The molecule has 1 aromatic carbocycles. The van der Waals surface area contributed by atoms with Gasteiger partial charge in [0.2, 0.25) is 0 Å². The molecule has 19 heavy (non-hydrogen) atoms. The highest BCUT2D eigenvalue weighted by Crippen LogP contribution is 2.37. The fourth-order valence-corrected chi connectivity index (χ4v) is 3.09. The lowest BCUT2D eigenvalue weighted by molar-refractivity contribution is 0.326. The van der Waals surface area contributed by atoms with E-state index in [1.165, 1.54) is 0 Å². The van der Waals surface area contributed by atoms with Crippen molar-refractivity contribution >= 4 is 34.5 Å². The maximum absolute atomic E-state index is 6.22. The summed E-state index contributed by atoms with van der Waals surface area (Å²) in [5, 5.41) is 3.95. The average Bonchev–Trinajstić information content (AvgIpc) is 2.79. The molecule has 2 N–H and O–H groups in total. The highest BCUT2D eigenvalue weighted by molar-refractivity contribution is 7.10. The summed E-state index contributed by atoms with van der Waals surface area (Å²) in [6, 6.07) is 5.45. The van der Waals surface area contributed by atoms with Crippen LogP contribution in [0.1, 0.15) is 31.8 Å². The number of rotatable bonds is 2. The van der Waals surface area contributed by atoms with Gasteiger partial charge in [0.25, 0.3) is 0 Å². The van der Waals surface area contributed by atoms with Gasteiger partial charge in [0, 0.05) is 10.9 Å². The van der Waals surface area contributed by atoms with Crippen LogP contribution in [-0.4, -0.2) is 4.98 Å². The molecule has 5 heteroatoms. The largest absolute Gasteiger partial charge is 0.322 e. The van der Waals surface area contributed by atoms with Crippen molar-refractivity contribution in [1.29, 1.82) is 0 Å². The van der Waals surface area contributed by atoms with Gasteiger partial charge in [0.1, 0.15) is 5.01 Å². The Labute approximate surface area is 127 Å². The molecule has 1 heterocycles. The first-order chi connectivity index (χ1) is 8.80. The van der Waals surface area contributed by atoms with Gasteiger partial charge >= 0.3 is 0 Å². The summed E-state index contributed by atoms with van der Waals surface area (Å²) in [4.78, 5) is 4.60. The quantitative estimate of drug-likeness (QED) is 0.831. The van der Waals surface area contributed by atoms with E-state index in [4.69, 9.17) is 28.9 Å². The first-order valence-electron chi connectivity index (χ1n) is 5.96. The van der Waals surface area contributed by atoms with Gasteiger partial charge < -0.3 is 5.73 Å². The van der Waals surface area contributed by atoms with Crippen molar-refractivity contribution in [2.24, 2.45) is 11.1 Å². The zero-order chi connectivity index (χ0) is 14.2. The molecule has 1 unspecified atom stereocenters. The van der Waals surface area contributed by atoms with Gasteiger partial charge in [0.15, 0.2) is 0 Å². The minimum atomic E-state index is -0.0933. The molecule has 0 spiro atoms. The SMILES string of the molecule is CC(C)(C)C(N)c1nc(-c2cccc(Cl)c2Cl)cs1.